The van der Waals surface area contributed by atoms with E-state index < -0.39 is 17.0 Å². The highest BCUT2D eigenvalue weighted by Crippen LogP contribution is 2.23. The second-order valence-electron chi connectivity index (χ2n) is 3.06. The standard InChI is InChI=1S/C8H12N2O3S/c1-4-6(8(9)11)10(3)5(2)7(4)14(12)13/h1-3H3,(H2,9,11)(H,12,13). The Labute approximate surface area is 84.2 Å². The van der Waals surface area contributed by atoms with Gasteiger partial charge in [0.1, 0.15) is 5.69 Å². The lowest BCUT2D eigenvalue weighted by Crippen LogP contribution is -2.16. The van der Waals surface area contributed by atoms with Crippen LogP contribution in [0.4, 0.5) is 0 Å². The van der Waals surface area contributed by atoms with Crippen LogP contribution in [0.15, 0.2) is 4.90 Å². The molecule has 1 unspecified atom stereocenters. The first-order chi connectivity index (χ1) is 6.37. The molecule has 1 aromatic heterocycles. The fourth-order valence-corrected chi connectivity index (χ4v) is 2.31. The highest BCUT2D eigenvalue weighted by molar-refractivity contribution is 7.79. The van der Waals surface area contributed by atoms with Crippen LogP contribution >= 0.6 is 0 Å². The van der Waals surface area contributed by atoms with Crippen molar-refractivity contribution in [2.24, 2.45) is 12.8 Å². The van der Waals surface area contributed by atoms with Crippen LogP contribution in [0.3, 0.4) is 0 Å². The van der Waals surface area contributed by atoms with Crippen LogP contribution in [0.1, 0.15) is 21.7 Å². The van der Waals surface area contributed by atoms with Crippen molar-refractivity contribution in [3.05, 3.63) is 17.0 Å². The normalized spacial score (nSPS) is 12.9. The molecule has 14 heavy (non-hydrogen) atoms. The minimum absolute atomic E-state index is 0.265. The zero-order valence-electron chi connectivity index (χ0n) is 8.20. The van der Waals surface area contributed by atoms with Crippen LogP contribution in [-0.2, 0) is 18.1 Å². The average molecular weight is 216 g/mol. The van der Waals surface area contributed by atoms with Gasteiger partial charge in [0, 0.05) is 12.7 Å². The topological polar surface area (TPSA) is 85.3 Å². The van der Waals surface area contributed by atoms with E-state index in [1.54, 1.807) is 20.9 Å². The molecule has 0 saturated heterocycles. The van der Waals surface area contributed by atoms with Crippen molar-refractivity contribution in [3.8, 4) is 0 Å². The van der Waals surface area contributed by atoms with E-state index in [2.05, 4.69) is 0 Å². The molecular formula is C8H12N2O3S. The van der Waals surface area contributed by atoms with Gasteiger partial charge in [-0.3, -0.25) is 4.79 Å². The summed E-state index contributed by atoms with van der Waals surface area (Å²) in [4.78, 5) is 11.3. The van der Waals surface area contributed by atoms with Crippen LogP contribution in [-0.4, -0.2) is 19.2 Å². The summed E-state index contributed by atoms with van der Waals surface area (Å²) in [5.74, 6) is -0.593. The Balaban J connectivity index is 3.57. The van der Waals surface area contributed by atoms with E-state index in [0.29, 0.717) is 11.3 Å². The molecule has 1 amide bonds. The highest BCUT2D eigenvalue weighted by Gasteiger charge is 2.21. The van der Waals surface area contributed by atoms with Crippen molar-refractivity contribution in [2.45, 2.75) is 18.7 Å². The largest absolute Gasteiger partial charge is 0.364 e. The van der Waals surface area contributed by atoms with Crippen LogP contribution in [0.2, 0.25) is 0 Å². The third-order valence-corrected chi connectivity index (χ3v) is 3.22. The molecule has 3 N–H and O–H groups in total. The Morgan fingerprint density at radius 2 is 2.00 bits per heavy atom. The summed E-state index contributed by atoms with van der Waals surface area (Å²) in [6, 6.07) is 0. The fourth-order valence-electron chi connectivity index (χ4n) is 1.56. The summed E-state index contributed by atoms with van der Waals surface area (Å²) in [5, 5.41) is 0. The van der Waals surface area contributed by atoms with Gasteiger partial charge in [-0.2, -0.15) is 0 Å². The van der Waals surface area contributed by atoms with Gasteiger partial charge in [-0.25, -0.2) is 4.21 Å². The van der Waals surface area contributed by atoms with Crippen LogP contribution in [0.5, 0.6) is 0 Å². The van der Waals surface area contributed by atoms with Gasteiger partial charge in [-0.15, -0.1) is 0 Å². The molecular weight excluding hydrogens is 204 g/mol. The molecule has 0 aliphatic heterocycles. The molecule has 0 radical (unpaired) electrons. The predicted octanol–water partition coefficient (Wildman–Crippen LogP) is 0.321. The monoisotopic (exact) mass is 216 g/mol. The molecule has 0 aliphatic rings. The lowest BCUT2D eigenvalue weighted by atomic mass is 10.2. The number of rotatable bonds is 2. The summed E-state index contributed by atoms with van der Waals surface area (Å²) in [6.07, 6.45) is 0. The van der Waals surface area contributed by atoms with Crippen molar-refractivity contribution in [1.82, 2.24) is 4.57 Å². The minimum atomic E-state index is -2.09. The van der Waals surface area contributed by atoms with E-state index >= 15 is 0 Å². The van der Waals surface area contributed by atoms with Gasteiger partial charge in [0.05, 0.1) is 4.90 Å². The zero-order valence-corrected chi connectivity index (χ0v) is 9.01. The molecule has 0 saturated carbocycles. The van der Waals surface area contributed by atoms with Crippen molar-refractivity contribution in [2.75, 3.05) is 0 Å². The minimum Gasteiger partial charge on any atom is -0.364 e. The van der Waals surface area contributed by atoms with Crippen molar-refractivity contribution in [3.63, 3.8) is 0 Å². The fraction of sp³-hybridized carbons (Fsp3) is 0.375. The van der Waals surface area contributed by atoms with Crippen molar-refractivity contribution in [1.29, 1.82) is 0 Å². The lowest BCUT2D eigenvalue weighted by molar-refractivity contribution is 0.0991. The Bertz CT molecular complexity index is 385. The third kappa shape index (κ3) is 1.46. The smallest absolute Gasteiger partial charge is 0.265 e. The number of hydrogen-bond donors (Lipinski definition) is 2. The molecule has 5 nitrogen and oxygen atoms in total. The SMILES string of the molecule is Cc1c(S(=O)O)c(C)n(C)c1C(N)=O. The molecule has 1 atom stereocenters. The van der Waals surface area contributed by atoms with Crippen molar-refractivity contribution < 1.29 is 13.6 Å². The van der Waals surface area contributed by atoms with Gasteiger partial charge in [-0.1, -0.05) is 0 Å². The molecule has 1 aromatic rings. The molecule has 1 rings (SSSR count). The molecule has 1 heterocycles. The van der Waals surface area contributed by atoms with Crippen molar-refractivity contribution >= 4 is 17.0 Å². The van der Waals surface area contributed by atoms with Gasteiger partial charge in [0.15, 0.2) is 11.1 Å². The maximum atomic E-state index is 11.1. The first-order valence-corrected chi connectivity index (χ1v) is 5.05. The zero-order chi connectivity index (χ0) is 11.0. The molecule has 0 fully saturated rings. The summed E-state index contributed by atoms with van der Waals surface area (Å²) < 4.78 is 21.5. The first-order valence-electron chi connectivity index (χ1n) is 3.94. The highest BCUT2D eigenvalue weighted by atomic mass is 32.2. The number of aromatic nitrogens is 1. The second kappa shape index (κ2) is 3.55. The van der Waals surface area contributed by atoms with E-state index in [0.717, 1.165) is 0 Å². The van der Waals surface area contributed by atoms with Gasteiger partial charge in [-0.05, 0) is 19.4 Å². The summed E-state index contributed by atoms with van der Waals surface area (Å²) >= 11 is -2.09. The number of carbonyl (C=O) groups is 1. The summed E-state index contributed by atoms with van der Waals surface area (Å²) in [5.41, 5.74) is 6.49. The van der Waals surface area contributed by atoms with E-state index in [-0.39, 0.29) is 10.6 Å². The third-order valence-electron chi connectivity index (χ3n) is 2.27. The maximum absolute atomic E-state index is 11.1. The van der Waals surface area contributed by atoms with E-state index in [1.807, 2.05) is 0 Å². The predicted molar refractivity (Wildman–Crippen MR) is 52.4 cm³/mol. The van der Waals surface area contributed by atoms with Gasteiger partial charge >= 0.3 is 0 Å². The molecule has 0 aromatic carbocycles. The number of carbonyl (C=O) groups excluding carboxylic acids is 1. The van der Waals surface area contributed by atoms with Gasteiger partial charge < -0.3 is 14.9 Å². The second-order valence-corrected chi connectivity index (χ2v) is 3.97. The van der Waals surface area contributed by atoms with E-state index in [4.69, 9.17) is 10.3 Å². The quantitative estimate of drug-likeness (QED) is 0.698. The molecule has 78 valence electrons. The van der Waals surface area contributed by atoms with Gasteiger partial charge in [0.25, 0.3) is 5.91 Å². The number of amides is 1. The average Bonchev–Trinajstić information content (AvgIpc) is 2.23. The Hall–Kier alpha value is -1.14. The van der Waals surface area contributed by atoms with Gasteiger partial charge in [0.2, 0.25) is 0 Å². The lowest BCUT2D eigenvalue weighted by Gasteiger charge is -2.00. The number of hydrogen-bond acceptors (Lipinski definition) is 2. The van der Waals surface area contributed by atoms with Crippen LogP contribution < -0.4 is 5.73 Å². The number of nitrogens with two attached hydrogens (primary N) is 1. The molecule has 0 aliphatic carbocycles. The Kier molecular flexibility index (Phi) is 2.77. The first kappa shape index (κ1) is 10.9. The molecule has 0 spiro atoms. The summed E-state index contributed by atoms with van der Waals surface area (Å²) in [7, 11) is 1.64. The van der Waals surface area contributed by atoms with E-state index in [1.165, 1.54) is 4.57 Å². The Morgan fingerprint density at radius 1 is 1.50 bits per heavy atom. The van der Waals surface area contributed by atoms with E-state index in [9.17, 15) is 9.00 Å². The number of nitrogens with zero attached hydrogens (tertiary/aromatic N) is 1. The number of primary amides is 1. The van der Waals surface area contributed by atoms with Crippen LogP contribution in [0.25, 0.3) is 0 Å². The molecule has 0 bridgehead atoms. The summed E-state index contributed by atoms with van der Waals surface area (Å²) in [6.45, 7) is 3.28. The molecule has 6 heteroatoms. The van der Waals surface area contributed by atoms with Crippen LogP contribution in [0, 0.1) is 13.8 Å². The Morgan fingerprint density at radius 3 is 2.21 bits per heavy atom. The maximum Gasteiger partial charge on any atom is 0.265 e.